The van der Waals surface area contributed by atoms with Crippen molar-refractivity contribution >= 4 is 23.4 Å². The zero-order valence-electron chi connectivity index (χ0n) is 15.1. The summed E-state index contributed by atoms with van der Waals surface area (Å²) in [6.07, 6.45) is 1.39. The van der Waals surface area contributed by atoms with Crippen LogP contribution in [-0.4, -0.2) is 30.8 Å². The van der Waals surface area contributed by atoms with Crippen molar-refractivity contribution in [2.75, 3.05) is 11.6 Å². The molecule has 0 spiro atoms. The fraction of sp³-hybridized carbons (Fsp3) is 0.158. The molecule has 0 radical (unpaired) electrons. The van der Waals surface area contributed by atoms with E-state index in [4.69, 9.17) is 22.0 Å². The first-order valence-electron chi connectivity index (χ1n) is 8.78. The number of nitrogens with two attached hydrogens (primary N) is 1. The van der Waals surface area contributed by atoms with Crippen LogP contribution < -0.4 is 5.84 Å². The molecule has 2 aromatic heterocycles. The SMILES string of the molecule is Nn1c(SCCCc2nc(-c3ccc(Cl)cc3)no2)nnc1-c1ccccc1F. The van der Waals surface area contributed by atoms with E-state index in [-0.39, 0.29) is 5.82 Å². The zero-order chi connectivity index (χ0) is 20.2. The molecule has 0 atom stereocenters. The number of hydrogen-bond acceptors (Lipinski definition) is 7. The van der Waals surface area contributed by atoms with Gasteiger partial charge in [-0.1, -0.05) is 40.7 Å². The topological polar surface area (TPSA) is 95.7 Å². The van der Waals surface area contributed by atoms with Crippen LogP contribution in [-0.2, 0) is 6.42 Å². The molecule has 2 N–H and O–H groups in total. The molecule has 148 valence electrons. The van der Waals surface area contributed by atoms with Crippen LogP contribution in [0.2, 0.25) is 5.02 Å². The maximum Gasteiger partial charge on any atom is 0.226 e. The van der Waals surface area contributed by atoms with Crippen molar-refractivity contribution in [2.45, 2.75) is 18.0 Å². The van der Waals surface area contributed by atoms with Gasteiger partial charge in [0.1, 0.15) is 5.82 Å². The van der Waals surface area contributed by atoms with Crippen LogP contribution in [0.4, 0.5) is 4.39 Å². The van der Waals surface area contributed by atoms with Crippen molar-refractivity contribution in [1.82, 2.24) is 25.0 Å². The van der Waals surface area contributed by atoms with E-state index >= 15 is 0 Å². The zero-order valence-corrected chi connectivity index (χ0v) is 16.7. The lowest BCUT2D eigenvalue weighted by Crippen LogP contribution is -2.12. The van der Waals surface area contributed by atoms with Crippen molar-refractivity contribution in [3.63, 3.8) is 0 Å². The van der Waals surface area contributed by atoms with Gasteiger partial charge in [-0.05, 0) is 42.8 Å². The van der Waals surface area contributed by atoms with Gasteiger partial charge in [0.25, 0.3) is 0 Å². The van der Waals surface area contributed by atoms with Gasteiger partial charge in [0.2, 0.25) is 16.9 Å². The first-order chi connectivity index (χ1) is 14.1. The highest BCUT2D eigenvalue weighted by Crippen LogP contribution is 2.24. The van der Waals surface area contributed by atoms with Gasteiger partial charge in [-0.3, -0.25) is 0 Å². The van der Waals surface area contributed by atoms with Gasteiger partial charge in [0.15, 0.2) is 5.82 Å². The molecule has 4 rings (SSSR count). The Hall–Kier alpha value is -2.91. The average molecular weight is 431 g/mol. The Morgan fingerprint density at radius 2 is 1.90 bits per heavy atom. The Labute approximate surface area is 175 Å². The quantitative estimate of drug-likeness (QED) is 0.266. The number of benzene rings is 2. The molecule has 0 bridgehead atoms. The summed E-state index contributed by atoms with van der Waals surface area (Å²) in [5, 5.41) is 13.2. The number of nitrogens with zero attached hydrogens (tertiary/aromatic N) is 5. The molecule has 0 aliphatic heterocycles. The first kappa shape index (κ1) is 19.4. The molecular weight excluding hydrogens is 415 g/mol. The summed E-state index contributed by atoms with van der Waals surface area (Å²) >= 11 is 7.32. The summed E-state index contributed by atoms with van der Waals surface area (Å²) in [5.74, 6) is 7.72. The standard InChI is InChI=1S/C19H16ClFN6OS/c20-13-9-7-12(8-10-13)17-23-16(28-26-17)6-3-11-29-19-25-24-18(27(19)22)14-4-1-2-5-15(14)21/h1-2,4-5,7-10H,3,6,11,22H2. The molecule has 10 heteroatoms. The fourth-order valence-electron chi connectivity index (χ4n) is 2.66. The highest BCUT2D eigenvalue weighted by atomic mass is 35.5. The second-order valence-corrected chi connectivity index (χ2v) is 7.63. The lowest BCUT2D eigenvalue weighted by Gasteiger charge is -2.04. The summed E-state index contributed by atoms with van der Waals surface area (Å²) in [7, 11) is 0. The van der Waals surface area contributed by atoms with E-state index in [0.717, 1.165) is 12.0 Å². The molecule has 0 saturated heterocycles. The molecule has 2 heterocycles. The average Bonchev–Trinajstić information content (AvgIpc) is 3.34. The molecule has 0 fully saturated rings. The summed E-state index contributed by atoms with van der Waals surface area (Å²) < 4.78 is 20.5. The number of aromatic nitrogens is 5. The van der Waals surface area contributed by atoms with E-state index in [1.54, 1.807) is 30.3 Å². The predicted octanol–water partition coefficient (Wildman–Crippen LogP) is 4.23. The van der Waals surface area contributed by atoms with Crippen LogP contribution >= 0.6 is 23.4 Å². The van der Waals surface area contributed by atoms with Gasteiger partial charge in [-0.15, -0.1) is 10.2 Å². The van der Waals surface area contributed by atoms with Crippen molar-refractivity contribution in [3.8, 4) is 22.8 Å². The van der Waals surface area contributed by atoms with Gasteiger partial charge in [-0.25, -0.2) is 9.07 Å². The lowest BCUT2D eigenvalue weighted by molar-refractivity contribution is 0.378. The minimum Gasteiger partial charge on any atom is -0.339 e. The minimum absolute atomic E-state index is 0.287. The number of hydrogen-bond donors (Lipinski definition) is 1. The van der Waals surface area contributed by atoms with Gasteiger partial charge < -0.3 is 10.4 Å². The van der Waals surface area contributed by atoms with Crippen molar-refractivity contribution < 1.29 is 8.91 Å². The summed E-state index contributed by atoms with van der Waals surface area (Å²) in [6, 6.07) is 13.6. The number of rotatable bonds is 7. The van der Waals surface area contributed by atoms with Crippen molar-refractivity contribution in [1.29, 1.82) is 0 Å². The van der Waals surface area contributed by atoms with E-state index in [9.17, 15) is 4.39 Å². The molecular formula is C19H16ClFN6OS. The molecule has 0 amide bonds. The summed E-state index contributed by atoms with van der Waals surface area (Å²) in [4.78, 5) is 4.40. The second-order valence-electron chi connectivity index (χ2n) is 6.13. The smallest absolute Gasteiger partial charge is 0.226 e. The molecule has 0 aliphatic rings. The van der Waals surface area contributed by atoms with Gasteiger partial charge >= 0.3 is 0 Å². The maximum absolute atomic E-state index is 13.9. The Morgan fingerprint density at radius 1 is 1.10 bits per heavy atom. The van der Waals surface area contributed by atoms with E-state index < -0.39 is 5.82 Å². The Bertz CT molecular complexity index is 1110. The van der Waals surface area contributed by atoms with E-state index in [0.29, 0.717) is 39.6 Å². The Morgan fingerprint density at radius 3 is 2.69 bits per heavy atom. The molecule has 29 heavy (non-hydrogen) atoms. The van der Waals surface area contributed by atoms with Gasteiger partial charge in [-0.2, -0.15) is 4.98 Å². The van der Waals surface area contributed by atoms with Crippen LogP contribution in [0, 0.1) is 5.82 Å². The molecule has 2 aromatic carbocycles. The lowest BCUT2D eigenvalue weighted by atomic mass is 10.2. The monoisotopic (exact) mass is 430 g/mol. The predicted molar refractivity (Wildman–Crippen MR) is 109 cm³/mol. The summed E-state index contributed by atoms with van der Waals surface area (Å²) in [5.41, 5.74) is 1.16. The van der Waals surface area contributed by atoms with Crippen molar-refractivity contribution in [2.24, 2.45) is 0 Å². The van der Waals surface area contributed by atoms with Gasteiger partial charge in [0.05, 0.1) is 5.56 Å². The molecule has 4 aromatic rings. The molecule has 0 saturated carbocycles. The Kier molecular flexibility index (Phi) is 5.77. The third-order valence-corrected chi connectivity index (χ3v) is 5.40. The highest BCUT2D eigenvalue weighted by molar-refractivity contribution is 7.99. The third kappa shape index (κ3) is 4.41. The van der Waals surface area contributed by atoms with Crippen LogP contribution in [0.15, 0.2) is 58.2 Å². The van der Waals surface area contributed by atoms with E-state index in [1.165, 1.54) is 22.5 Å². The molecule has 0 unspecified atom stereocenters. The first-order valence-corrected chi connectivity index (χ1v) is 10.1. The van der Waals surface area contributed by atoms with Crippen LogP contribution in [0.5, 0.6) is 0 Å². The number of halogens is 2. The summed E-state index contributed by atoms with van der Waals surface area (Å²) in [6.45, 7) is 0. The third-order valence-electron chi connectivity index (χ3n) is 4.12. The van der Waals surface area contributed by atoms with Crippen LogP contribution in [0.1, 0.15) is 12.3 Å². The van der Waals surface area contributed by atoms with Crippen LogP contribution in [0.3, 0.4) is 0 Å². The van der Waals surface area contributed by atoms with Crippen molar-refractivity contribution in [3.05, 3.63) is 65.3 Å². The van der Waals surface area contributed by atoms with Gasteiger partial charge in [0, 0.05) is 22.8 Å². The normalized spacial score (nSPS) is 11.1. The maximum atomic E-state index is 13.9. The van der Waals surface area contributed by atoms with E-state index in [1.807, 2.05) is 12.1 Å². The van der Waals surface area contributed by atoms with E-state index in [2.05, 4.69) is 20.3 Å². The second kappa shape index (κ2) is 8.62. The largest absolute Gasteiger partial charge is 0.339 e. The number of thioether (sulfide) groups is 1. The molecule has 0 aliphatic carbocycles. The van der Waals surface area contributed by atoms with Crippen LogP contribution in [0.25, 0.3) is 22.8 Å². The fourth-order valence-corrected chi connectivity index (χ4v) is 3.58. The number of nitrogen functional groups attached to an aromatic ring is 1. The Balaban J connectivity index is 1.33. The highest BCUT2D eigenvalue weighted by Gasteiger charge is 2.15. The molecule has 7 nitrogen and oxygen atoms in total. The number of aryl methyl sites for hydroxylation is 1. The minimum atomic E-state index is -0.393.